The zero-order valence-corrected chi connectivity index (χ0v) is 15.7. The molecule has 3 rings (SSSR count). The van der Waals surface area contributed by atoms with Gasteiger partial charge in [0, 0.05) is 19.3 Å². The Kier molecular flexibility index (Phi) is 6.25. The number of rotatable bonds is 5. The van der Waals surface area contributed by atoms with Crippen molar-refractivity contribution >= 4 is 33.7 Å². The molecule has 0 spiro atoms. The van der Waals surface area contributed by atoms with Crippen LogP contribution in [0, 0.1) is 0 Å². The van der Waals surface area contributed by atoms with Crippen LogP contribution in [0.4, 0.5) is 5.69 Å². The topological polar surface area (TPSA) is 71.4 Å². The molecule has 0 unspecified atom stereocenters. The SMILES string of the molecule is O=C(COc1ccc(C=Nc2ccccc2O)cc1Br)N1CCOCC1. The molecule has 7 heteroatoms. The third-order valence-electron chi connectivity index (χ3n) is 3.91. The van der Waals surface area contributed by atoms with Crippen LogP contribution in [0.25, 0.3) is 0 Å². The van der Waals surface area contributed by atoms with Crippen molar-refractivity contribution in [3.05, 3.63) is 52.5 Å². The molecule has 0 atom stereocenters. The molecule has 0 aromatic heterocycles. The van der Waals surface area contributed by atoms with E-state index in [0.29, 0.717) is 37.7 Å². The first kappa shape index (κ1) is 18.4. The molecule has 1 aliphatic rings. The molecule has 0 radical (unpaired) electrons. The Labute approximate surface area is 160 Å². The smallest absolute Gasteiger partial charge is 0.260 e. The van der Waals surface area contributed by atoms with E-state index in [2.05, 4.69) is 20.9 Å². The summed E-state index contributed by atoms with van der Waals surface area (Å²) in [7, 11) is 0. The Morgan fingerprint density at radius 3 is 2.77 bits per heavy atom. The van der Waals surface area contributed by atoms with Crippen molar-refractivity contribution in [1.29, 1.82) is 0 Å². The van der Waals surface area contributed by atoms with Gasteiger partial charge in [-0.2, -0.15) is 0 Å². The monoisotopic (exact) mass is 418 g/mol. The van der Waals surface area contributed by atoms with Crippen LogP contribution in [0.5, 0.6) is 11.5 Å². The van der Waals surface area contributed by atoms with Crippen molar-refractivity contribution in [2.45, 2.75) is 0 Å². The van der Waals surface area contributed by atoms with Gasteiger partial charge in [0.2, 0.25) is 0 Å². The molecule has 136 valence electrons. The van der Waals surface area contributed by atoms with Gasteiger partial charge < -0.3 is 19.5 Å². The summed E-state index contributed by atoms with van der Waals surface area (Å²) < 4.78 is 11.6. The number of phenols is 1. The number of hydrogen-bond acceptors (Lipinski definition) is 5. The Hall–Kier alpha value is -2.38. The maximum absolute atomic E-state index is 12.1. The van der Waals surface area contributed by atoms with Crippen LogP contribution in [-0.4, -0.2) is 55.0 Å². The molecule has 1 saturated heterocycles. The average Bonchev–Trinajstić information content (AvgIpc) is 2.67. The number of morpholine rings is 1. The number of hydrogen-bond donors (Lipinski definition) is 1. The van der Waals surface area contributed by atoms with Gasteiger partial charge in [-0.15, -0.1) is 0 Å². The molecule has 1 amide bonds. The van der Waals surface area contributed by atoms with E-state index in [1.807, 2.05) is 18.2 Å². The first-order valence-electron chi connectivity index (χ1n) is 8.23. The third kappa shape index (κ3) is 4.83. The summed E-state index contributed by atoms with van der Waals surface area (Å²) in [5.41, 5.74) is 1.34. The van der Waals surface area contributed by atoms with Gasteiger partial charge in [0.15, 0.2) is 6.61 Å². The molecular formula is C19H19BrN2O4. The van der Waals surface area contributed by atoms with Crippen LogP contribution in [0.3, 0.4) is 0 Å². The van der Waals surface area contributed by atoms with Crippen LogP contribution in [-0.2, 0) is 9.53 Å². The fraction of sp³-hybridized carbons (Fsp3) is 0.263. The van der Waals surface area contributed by atoms with Crippen molar-refractivity contribution < 1.29 is 19.4 Å². The first-order valence-corrected chi connectivity index (χ1v) is 9.03. The van der Waals surface area contributed by atoms with Gasteiger partial charge in [0.05, 0.1) is 17.7 Å². The van der Waals surface area contributed by atoms with Crippen molar-refractivity contribution in [3.8, 4) is 11.5 Å². The molecule has 2 aromatic rings. The zero-order valence-electron chi connectivity index (χ0n) is 14.1. The second-order valence-electron chi connectivity index (χ2n) is 5.72. The molecule has 0 bridgehead atoms. The predicted octanol–water partition coefficient (Wildman–Crippen LogP) is 3.14. The van der Waals surface area contributed by atoms with Crippen LogP contribution >= 0.6 is 15.9 Å². The normalized spacial score (nSPS) is 14.6. The molecule has 0 saturated carbocycles. The Morgan fingerprint density at radius 1 is 1.27 bits per heavy atom. The fourth-order valence-corrected chi connectivity index (χ4v) is 2.99. The minimum atomic E-state index is -0.0506. The highest BCUT2D eigenvalue weighted by atomic mass is 79.9. The highest BCUT2D eigenvalue weighted by molar-refractivity contribution is 9.10. The maximum atomic E-state index is 12.1. The lowest BCUT2D eigenvalue weighted by atomic mass is 10.2. The number of aromatic hydroxyl groups is 1. The van der Waals surface area contributed by atoms with E-state index in [1.165, 1.54) is 0 Å². The number of ether oxygens (including phenoxy) is 2. The fourth-order valence-electron chi connectivity index (χ4n) is 2.48. The molecule has 1 aliphatic heterocycles. The number of para-hydroxylation sites is 2. The van der Waals surface area contributed by atoms with E-state index in [4.69, 9.17) is 9.47 Å². The van der Waals surface area contributed by atoms with Crippen LogP contribution < -0.4 is 4.74 Å². The molecule has 2 aromatic carbocycles. The average molecular weight is 419 g/mol. The summed E-state index contributed by atoms with van der Waals surface area (Å²) in [6.45, 7) is 2.33. The summed E-state index contributed by atoms with van der Waals surface area (Å²) in [5.74, 6) is 0.668. The van der Waals surface area contributed by atoms with Gasteiger partial charge in [-0.1, -0.05) is 12.1 Å². The zero-order chi connectivity index (χ0) is 18.4. The Balaban J connectivity index is 1.60. The second kappa shape index (κ2) is 8.82. The lowest BCUT2D eigenvalue weighted by Crippen LogP contribution is -2.43. The molecule has 1 N–H and O–H groups in total. The lowest BCUT2D eigenvalue weighted by molar-refractivity contribution is -0.137. The maximum Gasteiger partial charge on any atom is 0.260 e. The quantitative estimate of drug-likeness (QED) is 0.756. The van der Waals surface area contributed by atoms with E-state index in [1.54, 1.807) is 35.4 Å². The van der Waals surface area contributed by atoms with Gasteiger partial charge >= 0.3 is 0 Å². The van der Waals surface area contributed by atoms with Gasteiger partial charge in [-0.3, -0.25) is 9.79 Å². The predicted molar refractivity (Wildman–Crippen MR) is 102 cm³/mol. The minimum Gasteiger partial charge on any atom is -0.506 e. The van der Waals surface area contributed by atoms with E-state index in [9.17, 15) is 9.90 Å². The Bertz CT molecular complexity index is 804. The van der Waals surface area contributed by atoms with E-state index >= 15 is 0 Å². The largest absolute Gasteiger partial charge is 0.506 e. The Morgan fingerprint density at radius 2 is 2.04 bits per heavy atom. The van der Waals surface area contributed by atoms with Crippen molar-refractivity contribution in [3.63, 3.8) is 0 Å². The molecule has 1 heterocycles. The standard InChI is InChI=1S/C19H19BrN2O4/c20-15-11-14(12-21-16-3-1-2-4-17(16)23)5-6-18(15)26-13-19(24)22-7-9-25-10-8-22/h1-6,11-12,23H,7-10,13H2. The van der Waals surface area contributed by atoms with Crippen molar-refractivity contribution in [1.82, 2.24) is 4.90 Å². The molecule has 6 nitrogen and oxygen atoms in total. The van der Waals surface area contributed by atoms with Gasteiger partial charge in [0.25, 0.3) is 5.91 Å². The highest BCUT2D eigenvalue weighted by Gasteiger charge is 2.17. The number of benzene rings is 2. The van der Waals surface area contributed by atoms with Crippen LogP contribution in [0.1, 0.15) is 5.56 Å². The summed E-state index contributed by atoms with van der Waals surface area (Å²) in [4.78, 5) is 18.1. The number of carbonyl (C=O) groups is 1. The third-order valence-corrected chi connectivity index (χ3v) is 4.53. The van der Waals surface area contributed by atoms with E-state index in [-0.39, 0.29) is 18.3 Å². The van der Waals surface area contributed by atoms with Gasteiger partial charge in [-0.25, -0.2) is 0 Å². The summed E-state index contributed by atoms with van der Waals surface area (Å²) in [6, 6.07) is 12.3. The first-order chi connectivity index (χ1) is 12.6. The van der Waals surface area contributed by atoms with Crippen molar-refractivity contribution in [2.24, 2.45) is 4.99 Å². The molecule has 26 heavy (non-hydrogen) atoms. The van der Waals surface area contributed by atoms with E-state index < -0.39 is 0 Å². The summed E-state index contributed by atoms with van der Waals surface area (Å²) in [6.07, 6.45) is 1.66. The van der Waals surface area contributed by atoms with Gasteiger partial charge in [0.1, 0.15) is 17.2 Å². The lowest BCUT2D eigenvalue weighted by Gasteiger charge is -2.26. The van der Waals surface area contributed by atoms with Crippen molar-refractivity contribution in [2.75, 3.05) is 32.9 Å². The summed E-state index contributed by atoms with van der Waals surface area (Å²) >= 11 is 3.45. The van der Waals surface area contributed by atoms with Crippen LogP contribution in [0.15, 0.2) is 51.9 Å². The van der Waals surface area contributed by atoms with E-state index in [0.717, 1.165) is 10.0 Å². The molecule has 0 aliphatic carbocycles. The number of amides is 1. The number of aliphatic imine (C=N–C) groups is 1. The van der Waals surface area contributed by atoms with Gasteiger partial charge in [-0.05, 0) is 51.8 Å². The number of carbonyl (C=O) groups excluding carboxylic acids is 1. The molecular weight excluding hydrogens is 400 g/mol. The second-order valence-corrected chi connectivity index (χ2v) is 6.57. The number of phenolic OH excluding ortho intramolecular Hbond substituents is 1. The number of nitrogens with zero attached hydrogens (tertiary/aromatic N) is 2. The minimum absolute atomic E-state index is 0.01000. The highest BCUT2D eigenvalue weighted by Crippen LogP contribution is 2.27. The summed E-state index contributed by atoms with van der Waals surface area (Å²) in [5, 5.41) is 9.73. The van der Waals surface area contributed by atoms with Crippen LogP contribution in [0.2, 0.25) is 0 Å². The molecule has 1 fully saturated rings. The number of halogens is 1.